The van der Waals surface area contributed by atoms with E-state index in [-0.39, 0.29) is 24.2 Å². The summed E-state index contributed by atoms with van der Waals surface area (Å²) in [6, 6.07) is 8.68. The van der Waals surface area contributed by atoms with Crippen LogP contribution in [0.15, 0.2) is 42.7 Å². The molecule has 1 aliphatic heterocycles. The molecule has 2 amide bonds. The van der Waals surface area contributed by atoms with Gasteiger partial charge in [0, 0.05) is 36.1 Å². The zero-order chi connectivity index (χ0) is 15.5. The average Bonchev–Trinajstić information content (AvgIpc) is 2.90. The molecule has 0 aliphatic carbocycles. The second kappa shape index (κ2) is 6.11. The van der Waals surface area contributed by atoms with Crippen LogP contribution in [0.25, 0.3) is 0 Å². The molecule has 3 rings (SSSR count). The first-order valence-electron chi connectivity index (χ1n) is 6.77. The molecule has 1 N–H and O–H groups in total. The summed E-state index contributed by atoms with van der Waals surface area (Å²) >= 11 is 5.94. The van der Waals surface area contributed by atoms with E-state index in [0.717, 1.165) is 0 Å². The van der Waals surface area contributed by atoms with Crippen molar-refractivity contribution in [2.75, 3.05) is 16.8 Å². The van der Waals surface area contributed by atoms with E-state index >= 15 is 0 Å². The van der Waals surface area contributed by atoms with Crippen LogP contribution in [0.4, 0.5) is 11.6 Å². The van der Waals surface area contributed by atoms with Gasteiger partial charge in [0.1, 0.15) is 0 Å². The second-order valence-corrected chi connectivity index (χ2v) is 5.38. The fourth-order valence-corrected chi connectivity index (χ4v) is 2.54. The van der Waals surface area contributed by atoms with Gasteiger partial charge in [-0.05, 0) is 24.3 Å². The van der Waals surface area contributed by atoms with Gasteiger partial charge in [-0.25, -0.2) is 9.97 Å². The molecule has 0 radical (unpaired) electrons. The number of halogens is 1. The molecule has 0 spiro atoms. The van der Waals surface area contributed by atoms with Crippen molar-refractivity contribution >= 4 is 35.1 Å². The molecule has 112 valence electrons. The molecule has 22 heavy (non-hydrogen) atoms. The number of nitrogens with one attached hydrogen (secondary N) is 1. The summed E-state index contributed by atoms with van der Waals surface area (Å²) in [5.74, 6) is -0.558. The Morgan fingerprint density at radius 1 is 1.27 bits per heavy atom. The first kappa shape index (κ1) is 14.5. The summed E-state index contributed by atoms with van der Waals surface area (Å²) in [6.07, 6.45) is 3.24. The fourth-order valence-electron chi connectivity index (χ4n) is 2.35. The van der Waals surface area contributed by atoms with E-state index in [2.05, 4.69) is 15.3 Å². The lowest BCUT2D eigenvalue weighted by Crippen LogP contribution is -2.28. The van der Waals surface area contributed by atoms with Crippen LogP contribution in [-0.2, 0) is 9.59 Å². The predicted molar refractivity (Wildman–Crippen MR) is 82.6 cm³/mol. The highest BCUT2D eigenvalue weighted by Gasteiger charge is 2.35. The molecule has 7 heteroatoms. The first-order chi connectivity index (χ1) is 10.6. The number of hydrogen-bond acceptors (Lipinski definition) is 4. The van der Waals surface area contributed by atoms with Gasteiger partial charge in [-0.1, -0.05) is 17.7 Å². The Hall–Kier alpha value is -2.47. The predicted octanol–water partition coefficient (Wildman–Crippen LogP) is 2.12. The van der Waals surface area contributed by atoms with Crippen molar-refractivity contribution in [2.45, 2.75) is 6.42 Å². The summed E-state index contributed by atoms with van der Waals surface area (Å²) in [7, 11) is 0. The zero-order valence-corrected chi connectivity index (χ0v) is 12.3. The molecular weight excluding hydrogens is 304 g/mol. The van der Waals surface area contributed by atoms with Crippen LogP contribution in [0.3, 0.4) is 0 Å². The average molecular weight is 317 g/mol. The molecule has 0 saturated carbocycles. The smallest absolute Gasteiger partial charge is 0.232 e. The highest BCUT2D eigenvalue weighted by atomic mass is 35.5. The molecular formula is C15H13ClN4O2. The Kier molecular flexibility index (Phi) is 4.02. The van der Waals surface area contributed by atoms with Gasteiger partial charge in [-0.2, -0.15) is 0 Å². The van der Waals surface area contributed by atoms with Gasteiger partial charge in [0.15, 0.2) is 0 Å². The number of nitrogens with zero attached hydrogens (tertiary/aromatic N) is 3. The quantitative estimate of drug-likeness (QED) is 0.941. The highest BCUT2D eigenvalue weighted by Crippen LogP contribution is 2.27. The molecule has 2 heterocycles. The number of carbonyl (C=O) groups is 2. The maximum absolute atomic E-state index is 12.2. The topological polar surface area (TPSA) is 75.2 Å². The van der Waals surface area contributed by atoms with Gasteiger partial charge >= 0.3 is 0 Å². The molecule has 6 nitrogen and oxygen atoms in total. The van der Waals surface area contributed by atoms with Crippen LogP contribution in [0, 0.1) is 5.92 Å². The van der Waals surface area contributed by atoms with Crippen LogP contribution < -0.4 is 10.2 Å². The molecule has 1 fully saturated rings. The van der Waals surface area contributed by atoms with Gasteiger partial charge in [0.05, 0.1) is 5.92 Å². The van der Waals surface area contributed by atoms with E-state index in [1.54, 1.807) is 47.6 Å². The first-order valence-corrected chi connectivity index (χ1v) is 7.15. The van der Waals surface area contributed by atoms with E-state index < -0.39 is 5.92 Å². The molecule has 1 aliphatic rings. The van der Waals surface area contributed by atoms with E-state index in [1.807, 2.05) is 0 Å². The van der Waals surface area contributed by atoms with E-state index in [0.29, 0.717) is 17.3 Å². The Morgan fingerprint density at radius 2 is 2.05 bits per heavy atom. The third-order valence-corrected chi connectivity index (χ3v) is 3.65. The minimum Gasteiger partial charge on any atom is -0.312 e. The van der Waals surface area contributed by atoms with Crippen molar-refractivity contribution in [3.8, 4) is 0 Å². The van der Waals surface area contributed by atoms with Crippen molar-refractivity contribution in [1.29, 1.82) is 0 Å². The summed E-state index contributed by atoms with van der Waals surface area (Å²) in [6.45, 7) is 0.317. The van der Waals surface area contributed by atoms with Gasteiger partial charge < -0.3 is 4.90 Å². The van der Waals surface area contributed by atoms with Crippen molar-refractivity contribution in [3.05, 3.63) is 47.7 Å². The van der Waals surface area contributed by atoms with Crippen LogP contribution in [0.5, 0.6) is 0 Å². The Balaban J connectivity index is 1.70. The van der Waals surface area contributed by atoms with Gasteiger partial charge in [0.25, 0.3) is 0 Å². The lowest BCUT2D eigenvalue weighted by Gasteiger charge is -2.16. The van der Waals surface area contributed by atoms with Gasteiger partial charge in [-0.15, -0.1) is 0 Å². The maximum Gasteiger partial charge on any atom is 0.232 e. The summed E-state index contributed by atoms with van der Waals surface area (Å²) in [5.41, 5.74) is 0.698. The number of rotatable bonds is 3. The highest BCUT2D eigenvalue weighted by molar-refractivity contribution is 6.31. The Bertz CT molecular complexity index is 708. The summed E-state index contributed by atoms with van der Waals surface area (Å²) in [4.78, 5) is 33.8. The molecule has 0 unspecified atom stereocenters. The normalized spacial score (nSPS) is 17.6. The largest absolute Gasteiger partial charge is 0.312 e. The van der Waals surface area contributed by atoms with E-state index in [4.69, 9.17) is 11.6 Å². The number of carbonyl (C=O) groups excluding carboxylic acids is 2. The lowest BCUT2D eigenvalue weighted by molar-refractivity contribution is -0.122. The van der Waals surface area contributed by atoms with Crippen molar-refractivity contribution in [3.63, 3.8) is 0 Å². The minimum atomic E-state index is -0.435. The molecule has 1 atom stereocenters. The number of anilines is 2. The SMILES string of the molecule is O=C(Nc1ncccn1)[C@H]1CC(=O)N(c2cccc(Cl)c2)C1. The number of hydrogen-bond donors (Lipinski definition) is 1. The Morgan fingerprint density at radius 3 is 2.77 bits per heavy atom. The van der Waals surface area contributed by atoms with Crippen molar-refractivity contribution in [1.82, 2.24) is 9.97 Å². The number of aromatic nitrogens is 2. The standard InChI is InChI=1S/C15H13ClN4O2/c16-11-3-1-4-12(8-11)20-9-10(7-13(20)21)14(22)19-15-17-5-2-6-18-15/h1-6,8,10H,7,9H2,(H,17,18,19,22)/t10-/m0/s1. The van der Waals surface area contributed by atoms with Crippen LogP contribution in [-0.4, -0.2) is 28.3 Å². The summed E-state index contributed by atoms with van der Waals surface area (Å²) in [5, 5.41) is 3.17. The molecule has 2 aromatic rings. The van der Waals surface area contributed by atoms with Gasteiger partial charge in [0.2, 0.25) is 17.8 Å². The summed E-state index contributed by atoms with van der Waals surface area (Å²) < 4.78 is 0. The molecule has 1 aromatic heterocycles. The molecule has 1 saturated heterocycles. The third-order valence-electron chi connectivity index (χ3n) is 3.42. The fraction of sp³-hybridized carbons (Fsp3) is 0.200. The third kappa shape index (κ3) is 3.07. The second-order valence-electron chi connectivity index (χ2n) is 4.95. The zero-order valence-electron chi connectivity index (χ0n) is 11.6. The monoisotopic (exact) mass is 316 g/mol. The van der Waals surface area contributed by atoms with E-state index in [1.165, 1.54) is 0 Å². The number of benzene rings is 1. The van der Waals surface area contributed by atoms with Crippen LogP contribution in [0.1, 0.15) is 6.42 Å². The van der Waals surface area contributed by atoms with Crippen molar-refractivity contribution in [2.24, 2.45) is 5.92 Å². The minimum absolute atomic E-state index is 0.101. The molecule has 1 aromatic carbocycles. The van der Waals surface area contributed by atoms with Crippen LogP contribution >= 0.6 is 11.6 Å². The molecule has 0 bridgehead atoms. The van der Waals surface area contributed by atoms with Crippen LogP contribution in [0.2, 0.25) is 5.02 Å². The maximum atomic E-state index is 12.2. The van der Waals surface area contributed by atoms with Crippen molar-refractivity contribution < 1.29 is 9.59 Å². The van der Waals surface area contributed by atoms with Gasteiger partial charge in [-0.3, -0.25) is 14.9 Å². The Labute approximate surface area is 132 Å². The lowest BCUT2D eigenvalue weighted by atomic mass is 10.1. The van der Waals surface area contributed by atoms with E-state index in [9.17, 15) is 9.59 Å². The number of amides is 2.